The third-order valence-electron chi connectivity index (χ3n) is 5.50. The van der Waals surface area contributed by atoms with Gasteiger partial charge in [0, 0.05) is 36.8 Å². The Morgan fingerprint density at radius 2 is 1.93 bits per heavy atom. The van der Waals surface area contributed by atoms with Crippen molar-refractivity contribution in [2.75, 3.05) is 13.1 Å². The first-order chi connectivity index (χ1) is 14.1. The molecule has 3 aromatic rings. The van der Waals surface area contributed by atoms with E-state index in [1.807, 2.05) is 43.3 Å². The number of hydrogen-bond donors (Lipinski definition) is 2. The van der Waals surface area contributed by atoms with E-state index in [0.29, 0.717) is 5.69 Å². The molecule has 5 nitrogen and oxygen atoms in total. The molecule has 29 heavy (non-hydrogen) atoms. The first-order valence-corrected chi connectivity index (χ1v) is 9.98. The van der Waals surface area contributed by atoms with Gasteiger partial charge in [-0.25, -0.2) is 4.39 Å². The molecule has 2 N–H and O–H groups in total. The van der Waals surface area contributed by atoms with Crippen molar-refractivity contribution >= 4 is 5.91 Å². The summed E-state index contributed by atoms with van der Waals surface area (Å²) >= 11 is 0. The molecular weight excluding hydrogens is 367 g/mol. The highest BCUT2D eigenvalue weighted by Crippen LogP contribution is 2.23. The summed E-state index contributed by atoms with van der Waals surface area (Å²) in [4.78, 5) is 15.0. The van der Waals surface area contributed by atoms with E-state index >= 15 is 0 Å². The Balaban J connectivity index is 1.33. The molecule has 1 fully saturated rings. The largest absolute Gasteiger partial charge is 0.348 e. The van der Waals surface area contributed by atoms with Crippen molar-refractivity contribution in [2.24, 2.45) is 0 Å². The number of aromatic nitrogens is 2. The zero-order chi connectivity index (χ0) is 20.2. The topological polar surface area (TPSA) is 61.0 Å². The number of halogens is 1. The van der Waals surface area contributed by atoms with Gasteiger partial charge in [0.2, 0.25) is 0 Å². The maximum atomic E-state index is 13.4. The maximum Gasteiger partial charge on any atom is 0.269 e. The monoisotopic (exact) mass is 392 g/mol. The smallest absolute Gasteiger partial charge is 0.269 e. The number of nitrogens with zero attached hydrogens (tertiary/aromatic N) is 2. The molecule has 0 saturated carbocycles. The van der Waals surface area contributed by atoms with Crippen LogP contribution in [0.4, 0.5) is 4.39 Å². The number of amides is 1. The van der Waals surface area contributed by atoms with Crippen molar-refractivity contribution in [3.63, 3.8) is 0 Å². The van der Waals surface area contributed by atoms with Crippen LogP contribution in [-0.4, -0.2) is 40.1 Å². The van der Waals surface area contributed by atoms with Crippen molar-refractivity contribution in [3.05, 3.63) is 77.2 Å². The lowest BCUT2D eigenvalue weighted by Crippen LogP contribution is -2.44. The lowest BCUT2D eigenvalue weighted by Gasteiger charge is -2.32. The summed E-state index contributed by atoms with van der Waals surface area (Å²) in [5, 5.41) is 10.4. The Morgan fingerprint density at radius 1 is 1.17 bits per heavy atom. The van der Waals surface area contributed by atoms with Crippen LogP contribution >= 0.6 is 0 Å². The van der Waals surface area contributed by atoms with Gasteiger partial charge in [0.1, 0.15) is 11.5 Å². The van der Waals surface area contributed by atoms with Crippen molar-refractivity contribution in [1.29, 1.82) is 0 Å². The van der Waals surface area contributed by atoms with Gasteiger partial charge < -0.3 is 5.32 Å². The number of H-pyrrole nitrogens is 1. The SMILES string of the molecule is Cc1c(-c2ccccc2)n[nH]c1C(=O)NC1CCN(Cc2cccc(F)c2)CC1. The summed E-state index contributed by atoms with van der Waals surface area (Å²) in [6, 6.07) is 16.7. The molecule has 1 aromatic heterocycles. The van der Waals surface area contributed by atoms with E-state index in [0.717, 1.165) is 54.9 Å². The van der Waals surface area contributed by atoms with Gasteiger partial charge in [-0.1, -0.05) is 42.5 Å². The van der Waals surface area contributed by atoms with Crippen LogP contribution in [0.1, 0.15) is 34.5 Å². The van der Waals surface area contributed by atoms with Crippen LogP contribution in [0, 0.1) is 12.7 Å². The molecule has 1 saturated heterocycles. The molecule has 4 rings (SSSR count). The van der Waals surface area contributed by atoms with Crippen LogP contribution in [0.5, 0.6) is 0 Å². The Labute approximate surface area is 169 Å². The van der Waals surface area contributed by atoms with Gasteiger partial charge in [0.05, 0.1) is 5.69 Å². The number of rotatable bonds is 5. The minimum atomic E-state index is -0.200. The summed E-state index contributed by atoms with van der Waals surface area (Å²) in [5.41, 5.74) is 4.16. The average Bonchev–Trinajstić information content (AvgIpc) is 3.12. The highest BCUT2D eigenvalue weighted by molar-refractivity contribution is 5.95. The highest BCUT2D eigenvalue weighted by Gasteiger charge is 2.23. The molecule has 0 atom stereocenters. The van der Waals surface area contributed by atoms with Crippen LogP contribution in [0.3, 0.4) is 0 Å². The number of carbonyl (C=O) groups is 1. The lowest BCUT2D eigenvalue weighted by molar-refractivity contribution is 0.0903. The summed E-state index contributed by atoms with van der Waals surface area (Å²) < 4.78 is 13.4. The normalized spacial score (nSPS) is 15.4. The molecular formula is C23H25FN4O. The third-order valence-corrected chi connectivity index (χ3v) is 5.50. The summed E-state index contributed by atoms with van der Waals surface area (Å²) in [5.74, 6) is -0.310. The molecule has 0 unspecified atom stereocenters. The average molecular weight is 392 g/mol. The van der Waals surface area contributed by atoms with Crippen LogP contribution in [0.2, 0.25) is 0 Å². The van der Waals surface area contributed by atoms with Crippen molar-refractivity contribution < 1.29 is 9.18 Å². The van der Waals surface area contributed by atoms with Crippen LogP contribution in [-0.2, 0) is 6.54 Å². The zero-order valence-corrected chi connectivity index (χ0v) is 16.5. The third kappa shape index (κ3) is 4.54. The Morgan fingerprint density at radius 3 is 2.66 bits per heavy atom. The number of likely N-dealkylation sites (tertiary alicyclic amines) is 1. The molecule has 1 amide bonds. The fourth-order valence-corrected chi connectivity index (χ4v) is 3.88. The van der Waals surface area contributed by atoms with Crippen molar-refractivity contribution in [2.45, 2.75) is 32.4 Å². The van der Waals surface area contributed by atoms with E-state index in [1.165, 1.54) is 6.07 Å². The fourth-order valence-electron chi connectivity index (χ4n) is 3.88. The minimum absolute atomic E-state index is 0.110. The van der Waals surface area contributed by atoms with E-state index in [9.17, 15) is 9.18 Å². The number of carbonyl (C=O) groups excluding carboxylic acids is 1. The van der Waals surface area contributed by atoms with Crippen LogP contribution in [0.25, 0.3) is 11.3 Å². The number of benzene rings is 2. The molecule has 1 aliphatic heterocycles. The van der Waals surface area contributed by atoms with E-state index in [2.05, 4.69) is 20.4 Å². The maximum absolute atomic E-state index is 13.4. The predicted octanol–water partition coefficient (Wildman–Crippen LogP) is 3.92. The summed E-state index contributed by atoms with van der Waals surface area (Å²) in [6.45, 7) is 4.40. The molecule has 150 valence electrons. The van der Waals surface area contributed by atoms with Gasteiger partial charge >= 0.3 is 0 Å². The standard InChI is InChI=1S/C23H25FN4O/c1-16-21(18-7-3-2-4-8-18)26-27-22(16)23(29)25-20-10-12-28(13-11-20)15-17-6-5-9-19(24)14-17/h2-9,14,20H,10-13,15H2,1H3,(H,25,29)(H,26,27). The molecule has 6 heteroatoms. The van der Waals surface area contributed by atoms with Gasteiger partial charge in [-0.15, -0.1) is 0 Å². The molecule has 2 heterocycles. The number of nitrogens with one attached hydrogen (secondary N) is 2. The lowest BCUT2D eigenvalue weighted by atomic mass is 10.0. The zero-order valence-electron chi connectivity index (χ0n) is 16.5. The van der Waals surface area contributed by atoms with E-state index in [-0.39, 0.29) is 17.8 Å². The molecule has 0 aliphatic carbocycles. The number of aromatic amines is 1. The molecule has 1 aliphatic rings. The van der Waals surface area contributed by atoms with Gasteiger partial charge in [0.25, 0.3) is 5.91 Å². The van der Waals surface area contributed by atoms with Gasteiger partial charge in [-0.2, -0.15) is 5.10 Å². The fraction of sp³-hybridized carbons (Fsp3) is 0.304. The second-order valence-electron chi connectivity index (χ2n) is 7.59. The minimum Gasteiger partial charge on any atom is -0.348 e. The highest BCUT2D eigenvalue weighted by atomic mass is 19.1. The van der Waals surface area contributed by atoms with E-state index in [4.69, 9.17) is 0 Å². The van der Waals surface area contributed by atoms with Crippen molar-refractivity contribution in [1.82, 2.24) is 20.4 Å². The summed E-state index contributed by atoms with van der Waals surface area (Å²) in [6.07, 6.45) is 1.75. The second kappa shape index (κ2) is 8.57. The molecule has 0 radical (unpaired) electrons. The van der Waals surface area contributed by atoms with Gasteiger partial charge in [-0.05, 0) is 37.5 Å². The number of piperidine rings is 1. The molecule has 0 bridgehead atoms. The van der Waals surface area contributed by atoms with Gasteiger partial charge in [-0.3, -0.25) is 14.8 Å². The van der Waals surface area contributed by atoms with Crippen molar-refractivity contribution in [3.8, 4) is 11.3 Å². The van der Waals surface area contributed by atoms with E-state index in [1.54, 1.807) is 12.1 Å². The van der Waals surface area contributed by atoms with Crippen LogP contribution in [0.15, 0.2) is 54.6 Å². The number of hydrogen-bond acceptors (Lipinski definition) is 3. The second-order valence-corrected chi connectivity index (χ2v) is 7.59. The van der Waals surface area contributed by atoms with E-state index < -0.39 is 0 Å². The Hall–Kier alpha value is -2.99. The van der Waals surface area contributed by atoms with Crippen LogP contribution < -0.4 is 5.32 Å². The quantitative estimate of drug-likeness (QED) is 0.692. The molecule has 0 spiro atoms. The first kappa shape index (κ1) is 19.3. The molecule has 2 aromatic carbocycles. The predicted molar refractivity (Wildman–Crippen MR) is 111 cm³/mol. The first-order valence-electron chi connectivity index (χ1n) is 9.98. The summed E-state index contributed by atoms with van der Waals surface area (Å²) in [7, 11) is 0. The van der Waals surface area contributed by atoms with Gasteiger partial charge in [0.15, 0.2) is 0 Å². The Bertz CT molecular complexity index is 978. The Kier molecular flexibility index (Phi) is 5.71.